The van der Waals surface area contributed by atoms with E-state index in [1.165, 1.54) is 23.9 Å². The van der Waals surface area contributed by atoms with Crippen molar-refractivity contribution in [3.05, 3.63) is 83.0 Å². The van der Waals surface area contributed by atoms with Crippen molar-refractivity contribution < 1.29 is 19.4 Å². The number of pyridine rings is 1. The summed E-state index contributed by atoms with van der Waals surface area (Å²) in [7, 11) is 0. The third-order valence-corrected chi connectivity index (χ3v) is 7.12. The topological polar surface area (TPSA) is 132 Å². The lowest BCUT2D eigenvalue weighted by molar-refractivity contribution is -0.122. The molecule has 0 bridgehead atoms. The lowest BCUT2D eigenvalue weighted by Crippen LogP contribution is -2.29. The highest BCUT2D eigenvalue weighted by Crippen LogP contribution is 2.33. The predicted octanol–water partition coefficient (Wildman–Crippen LogP) is 4.64. The quantitative estimate of drug-likeness (QED) is 0.184. The zero-order valence-electron chi connectivity index (χ0n) is 19.9. The number of carbonyl (C=O) groups is 2. The Bertz CT molecular complexity index is 1590. The maximum Gasteiger partial charge on any atom is 0.335 e. The molecule has 1 aliphatic heterocycles. The van der Waals surface area contributed by atoms with Crippen LogP contribution < -0.4 is 10.5 Å². The van der Waals surface area contributed by atoms with Crippen LogP contribution in [0.25, 0.3) is 28.2 Å². The molecule has 2 aromatic heterocycles. The first-order valence-corrected chi connectivity index (χ1v) is 12.8. The molecular weight excluding hydrogens is 522 g/mol. The lowest BCUT2D eigenvalue weighted by atomic mass is 10.0. The van der Waals surface area contributed by atoms with Crippen LogP contribution in [0.5, 0.6) is 5.75 Å². The van der Waals surface area contributed by atoms with E-state index in [0.29, 0.717) is 45.6 Å². The fraction of sp³-hybridized carbons (Fsp3) is 0.111. The van der Waals surface area contributed by atoms with E-state index in [1.807, 2.05) is 36.4 Å². The molecule has 1 saturated heterocycles. The van der Waals surface area contributed by atoms with E-state index in [2.05, 4.69) is 15.0 Å². The normalized spacial score (nSPS) is 14.4. The van der Waals surface area contributed by atoms with Gasteiger partial charge in [-0.2, -0.15) is 0 Å². The molecule has 0 radical (unpaired) electrons. The number of benzene rings is 2. The Hall–Kier alpha value is -4.35. The number of ether oxygens (including phenoxy) is 1. The number of hydrogen-bond donors (Lipinski definition) is 2. The molecule has 0 atom stereocenters. The maximum atomic E-state index is 13.0. The highest BCUT2D eigenvalue weighted by Gasteiger charge is 2.31. The van der Waals surface area contributed by atoms with Crippen LogP contribution in [0.4, 0.5) is 5.95 Å². The minimum Gasteiger partial charge on any atom is -0.494 e. The largest absolute Gasteiger partial charge is 0.494 e. The average Bonchev–Trinajstić information content (AvgIpc) is 3.18. The minimum atomic E-state index is -0.989. The van der Waals surface area contributed by atoms with Gasteiger partial charge in [-0.25, -0.2) is 14.8 Å². The van der Waals surface area contributed by atoms with Crippen LogP contribution in [0.15, 0.2) is 71.9 Å². The first-order valence-electron chi connectivity index (χ1n) is 11.6. The number of fused-ring (bicyclic) bond motifs is 1. The summed E-state index contributed by atoms with van der Waals surface area (Å²) < 4.78 is 6.17. The summed E-state index contributed by atoms with van der Waals surface area (Å²) in [5.41, 5.74) is 9.87. The number of carbonyl (C=O) groups excluding carboxylic acids is 1. The number of anilines is 1. The molecule has 0 unspecified atom stereocenters. The van der Waals surface area contributed by atoms with Crippen molar-refractivity contribution in [3.8, 4) is 16.9 Å². The predicted molar refractivity (Wildman–Crippen MR) is 151 cm³/mol. The van der Waals surface area contributed by atoms with Crippen LogP contribution in [0.2, 0.25) is 0 Å². The van der Waals surface area contributed by atoms with Gasteiger partial charge in [0.1, 0.15) is 15.6 Å². The molecule has 190 valence electrons. The van der Waals surface area contributed by atoms with Crippen LogP contribution in [-0.2, 0) is 4.79 Å². The Morgan fingerprint density at radius 2 is 1.89 bits per heavy atom. The van der Waals surface area contributed by atoms with Crippen LogP contribution >= 0.6 is 24.0 Å². The number of hydrogen-bond acceptors (Lipinski definition) is 9. The van der Waals surface area contributed by atoms with Crippen molar-refractivity contribution in [1.82, 2.24) is 19.9 Å². The second-order valence-corrected chi connectivity index (χ2v) is 10.0. The van der Waals surface area contributed by atoms with Crippen molar-refractivity contribution in [2.24, 2.45) is 0 Å². The van der Waals surface area contributed by atoms with Gasteiger partial charge in [-0.15, -0.1) is 0 Å². The van der Waals surface area contributed by atoms with Crippen LogP contribution in [0.1, 0.15) is 22.3 Å². The molecule has 11 heteroatoms. The summed E-state index contributed by atoms with van der Waals surface area (Å²) in [4.78, 5) is 38.7. The number of rotatable bonds is 8. The van der Waals surface area contributed by atoms with E-state index in [0.717, 1.165) is 16.7 Å². The van der Waals surface area contributed by atoms with E-state index in [1.54, 1.807) is 29.4 Å². The molecule has 0 spiro atoms. The van der Waals surface area contributed by atoms with Gasteiger partial charge in [0.25, 0.3) is 5.91 Å². The molecule has 3 N–H and O–H groups in total. The van der Waals surface area contributed by atoms with E-state index < -0.39 is 5.97 Å². The van der Waals surface area contributed by atoms with Gasteiger partial charge in [-0.3, -0.25) is 14.7 Å². The van der Waals surface area contributed by atoms with Gasteiger partial charge in [-0.1, -0.05) is 42.2 Å². The maximum absolute atomic E-state index is 13.0. The first kappa shape index (κ1) is 25.3. The molecule has 2 aromatic carbocycles. The van der Waals surface area contributed by atoms with Gasteiger partial charge in [0.05, 0.1) is 28.8 Å². The Morgan fingerprint density at radius 1 is 1.08 bits per heavy atom. The molecular formula is C27H21N5O4S2. The molecule has 3 heterocycles. The number of thiocarbonyl (C=S) groups is 1. The van der Waals surface area contributed by atoms with Gasteiger partial charge in [0, 0.05) is 18.3 Å². The van der Waals surface area contributed by atoms with Crippen molar-refractivity contribution >= 4 is 63.2 Å². The van der Waals surface area contributed by atoms with Crippen molar-refractivity contribution in [3.63, 3.8) is 0 Å². The smallest absolute Gasteiger partial charge is 0.335 e. The molecule has 38 heavy (non-hydrogen) atoms. The SMILES string of the molecule is Nc1ncc2ncc(-c3cccc(C=C4SC(=S)N(CCCOc5ccc(C(=O)O)cc5)C4=O)c3)cc2n1. The number of aromatic carboxylic acids is 1. The zero-order chi connectivity index (χ0) is 26.6. The number of carboxylic acid groups (broad SMARTS) is 1. The summed E-state index contributed by atoms with van der Waals surface area (Å²) in [6.45, 7) is 0.782. The van der Waals surface area contributed by atoms with Gasteiger partial charge < -0.3 is 15.6 Å². The minimum absolute atomic E-state index is 0.143. The number of aromatic nitrogens is 3. The van der Waals surface area contributed by atoms with Gasteiger partial charge in [-0.05, 0) is 60.0 Å². The zero-order valence-corrected chi connectivity index (χ0v) is 21.5. The Kier molecular flexibility index (Phi) is 7.29. The number of nitrogens with two attached hydrogens (primary N) is 1. The summed E-state index contributed by atoms with van der Waals surface area (Å²) in [5.74, 6) is -0.376. The summed E-state index contributed by atoms with van der Waals surface area (Å²) in [6, 6.07) is 15.9. The molecule has 4 aromatic rings. The van der Waals surface area contributed by atoms with Crippen LogP contribution in [-0.4, -0.2) is 54.3 Å². The Balaban J connectivity index is 1.23. The van der Waals surface area contributed by atoms with Gasteiger partial charge in [0.2, 0.25) is 5.95 Å². The van der Waals surface area contributed by atoms with Crippen molar-refractivity contribution in [1.29, 1.82) is 0 Å². The number of carboxylic acids is 1. The molecule has 1 aliphatic rings. The lowest BCUT2D eigenvalue weighted by Gasteiger charge is -2.14. The second kappa shape index (κ2) is 11.0. The van der Waals surface area contributed by atoms with E-state index >= 15 is 0 Å². The number of nitrogens with zero attached hydrogens (tertiary/aromatic N) is 4. The second-order valence-electron chi connectivity index (χ2n) is 8.35. The highest BCUT2D eigenvalue weighted by molar-refractivity contribution is 8.26. The van der Waals surface area contributed by atoms with Crippen molar-refractivity contribution in [2.45, 2.75) is 6.42 Å². The highest BCUT2D eigenvalue weighted by atomic mass is 32.2. The molecule has 1 fully saturated rings. The Labute approximate surface area is 227 Å². The number of amides is 1. The monoisotopic (exact) mass is 543 g/mol. The van der Waals surface area contributed by atoms with Gasteiger partial charge >= 0.3 is 5.97 Å². The third kappa shape index (κ3) is 5.63. The van der Waals surface area contributed by atoms with Crippen molar-refractivity contribution in [2.75, 3.05) is 18.9 Å². The summed E-state index contributed by atoms with van der Waals surface area (Å²) in [6.07, 6.45) is 5.74. The molecule has 1 amide bonds. The summed E-state index contributed by atoms with van der Waals surface area (Å²) in [5, 5.41) is 8.98. The summed E-state index contributed by atoms with van der Waals surface area (Å²) >= 11 is 6.72. The van der Waals surface area contributed by atoms with E-state index in [9.17, 15) is 9.59 Å². The van der Waals surface area contributed by atoms with Gasteiger partial charge in [0.15, 0.2) is 0 Å². The fourth-order valence-corrected chi connectivity index (χ4v) is 5.16. The average molecular weight is 544 g/mol. The molecule has 5 rings (SSSR count). The molecule has 9 nitrogen and oxygen atoms in total. The Morgan fingerprint density at radius 3 is 2.68 bits per heavy atom. The first-order chi connectivity index (χ1) is 18.4. The molecule has 0 saturated carbocycles. The number of nitrogen functional groups attached to an aromatic ring is 1. The van der Waals surface area contributed by atoms with E-state index in [4.69, 9.17) is 27.8 Å². The van der Waals surface area contributed by atoms with E-state index in [-0.39, 0.29) is 17.4 Å². The standard InChI is InChI=1S/C27H21N5O4S2/c28-26-30-15-22-21(31-26)13-19(14-29-22)18-4-1-3-16(11-18)12-23-24(33)32(27(37)38-23)9-2-10-36-20-7-5-17(6-8-20)25(34)35/h1,3-8,11-15H,2,9-10H2,(H,34,35)(H2,28,30,31). The molecule has 0 aliphatic carbocycles. The number of thioether (sulfide) groups is 1. The van der Waals surface area contributed by atoms with Crippen LogP contribution in [0, 0.1) is 0 Å². The third-order valence-electron chi connectivity index (χ3n) is 5.74. The van der Waals surface area contributed by atoms with Crippen LogP contribution in [0.3, 0.4) is 0 Å². The fourth-order valence-electron chi connectivity index (χ4n) is 3.85.